The van der Waals surface area contributed by atoms with Gasteiger partial charge in [-0.3, -0.25) is 4.90 Å². The Morgan fingerprint density at radius 2 is 1.93 bits per heavy atom. The van der Waals surface area contributed by atoms with E-state index in [4.69, 9.17) is 27.9 Å². The lowest BCUT2D eigenvalue weighted by atomic mass is 10.1. The average Bonchev–Trinajstić information content (AvgIpc) is 2.63. The molecule has 1 unspecified atom stereocenters. The Hall–Kier alpha value is -1.89. The summed E-state index contributed by atoms with van der Waals surface area (Å²) in [5, 5.41) is 3.33. The Morgan fingerprint density at radius 3 is 2.46 bits per heavy atom. The van der Waals surface area contributed by atoms with Crippen molar-refractivity contribution in [1.82, 2.24) is 15.3 Å². The molecule has 0 fully saturated rings. The van der Waals surface area contributed by atoms with Crippen molar-refractivity contribution in [3.63, 3.8) is 0 Å². The van der Waals surface area contributed by atoms with Crippen LogP contribution in [0.4, 0.5) is 10.5 Å². The third-order valence-corrected chi connectivity index (χ3v) is 5.19. The summed E-state index contributed by atoms with van der Waals surface area (Å²) in [5.74, 6) is 0. The van der Waals surface area contributed by atoms with Gasteiger partial charge in [0.2, 0.25) is 5.28 Å². The Balaban J connectivity index is 2.40. The first-order valence-corrected chi connectivity index (χ1v) is 9.88. The van der Waals surface area contributed by atoms with Crippen molar-refractivity contribution in [2.45, 2.75) is 52.8 Å². The highest BCUT2D eigenvalue weighted by Gasteiger charge is 2.25. The number of methoxy groups -OCH3 is 1. The second-order valence-electron chi connectivity index (χ2n) is 6.70. The summed E-state index contributed by atoms with van der Waals surface area (Å²) in [6.07, 6.45) is 2.25. The van der Waals surface area contributed by atoms with Crippen LogP contribution in [-0.2, 0) is 11.3 Å². The third-order valence-electron chi connectivity index (χ3n) is 4.68. The fourth-order valence-corrected chi connectivity index (χ4v) is 3.58. The molecular formula is C20H26Cl2N4O2. The lowest BCUT2D eigenvalue weighted by Gasteiger charge is -2.30. The molecule has 28 heavy (non-hydrogen) atoms. The second-order valence-corrected chi connectivity index (χ2v) is 7.40. The van der Waals surface area contributed by atoms with E-state index in [-0.39, 0.29) is 35.2 Å². The van der Waals surface area contributed by atoms with Crippen molar-refractivity contribution < 1.29 is 9.53 Å². The first-order chi connectivity index (χ1) is 13.3. The number of carbonyl (C=O) groups excluding carboxylic acids is 1. The van der Waals surface area contributed by atoms with Crippen molar-refractivity contribution in [1.29, 1.82) is 0 Å². The van der Waals surface area contributed by atoms with Crippen molar-refractivity contribution in [3.8, 4) is 0 Å². The molecule has 0 radical (unpaired) electrons. The lowest BCUT2D eigenvalue weighted by Crippen LogP contribution is -2.48. The van der Waals surface area contributed by atoms with E-state index >= 15 is 0 Å². The summed E-state index contributed by atoms with van der Waals surface area (Å²) in [4.78, 5) is 22.9. The van der Waals surface area contributed by atoms with Crippen LogP contribution < -0.4 is 10.2 Å². The molecule has 0 saturated carbocycles. The summed E-state index contributed by atoms with van der Waals surface area (Å²) in [6.45, 7) is 8.10. The Morgan fingerprint density at radius 1 is 1.29 bits per heavy atom. The van der Waals surface area contributed by atoms with Gasteiger partial charge < -0.3 is 10.1 Å². The summed E-state index contributed by atoms with van der Waals surface area (Å²) in [5.41, 5.74) is 3.39. The zero-order valence-electron chi connectivity index (χ0n) is 16.8. The van der Waals surface area contributed by atoms with Gasteiger partial charge in [0.1, 0.15) is 5.15 Å². The van der Waals surface area contributed by atoms with Crippen molar-refractivity contribution in [3.05, 3.63) is 51.5 Å². The molecule has 0 saturated heterocycles. The molecule has 6 nitrogen and oxygen atoms in total. The van der Waals surface area contributed by atoms with Crippen LogP contribution in [-0.4, -0.2) is 35.3 Å². The van der Waals surface area contributed by atoms with Crippen molar-refractivity contribution >= 4 is 34.9 Å². The molecule has 1 aromatic carbocycles. The zero-order chi connectivity index (χ0) is 20.8. The minimum atomic E-state index is -0.244. The lowest BCUT2D eigenvalue weighted by molar-refractivity contribution is 0.0738. The van der Waals surface area contributed by atoms with Crippen LogP contribution in [0, 0.1) is 13.8 Å². The molecule has 1 heterocycles. The van der Waals surface area contributed by atoms with Crippen LogP contribution in [0.2, 0.25) is 10.4 Å². The minimum Gasteiger partial charge on any atom is -0.379 e. The maximum absolute atomic E-state index is 13.2. The van der Waals surface area contributed by atoms with E-state index in [0.29, 0.717) is 5.56 Å². The minimum absolute atomic E-state index is 0.0660. The van der Waals surface area contributed by atoms with E-state index in [2.05, 4.69) is 15.3 Å². The number of amides is 2. The van der Waals surface area contributed by atoms with E-state index in [1.807, 2.05) is 45.9 Å². The smallest absolute Gasteiger partial charge is 0.322 e. The Kier molecular flexibility index (Phi) is 8.04. The van der Waals surface area contributed by atoms with Crippen LogP contribution in [0.25, 0.3) is 0 Å². The molecule has 1 aromatic heterocycles. The number of ether oxygens (including phenoxy) is 1. The van der Waals surface area contributed by atoms with E-state index in [1.165, 1.54) is 0 Å². The van der Waals surface area contributed by atoms with Gasteiger partial charge >= 0.3 is 6.03 Å². The molecular weight excluding hydrogens is 399 g/mol. The van der Waals surface area contributed by atoms with E-state index in [1.54, 1.807) is 18.2 Å². The zero-order valence-corrected chi connectivity index (χ0v) is 18.3. The predicted molar refractivity (Wildman–Crippen MR) is 113 cm³/mol. The van der Waals surface area contributed by atoms with Gasteiger partial charge in [-0.1, -0.05) is 36.7 Å². The third kappa shape index (κ3) is 5.34. The molecule has 0 aliphatic carbocycles. The molecule has 2 amide bonds. The van der Waals surface area contributed by atoms with Crippen LogP contribution in [0.15, 0.2) is 24.4 Å². The van der Waals surface area contributed by atoms with E-state index in [0.717, 1.165) is 23.2 Å². The predicted octanol–water partition coefficient (Wildman–Crippen LogP) is 4.93. The molecule has 2 atom stereocenters. The average molecular weight is 425 g/mol. The van der Waals surface area contributed by atoms with Crippen molar-refractivity contribution in [2.24, 2.45) is 0 Å². The van der Waals surface area contributed by atoms with Crippen LogP contribution in [0.3, 0.4) is 0 Å². The fraction of sp³-hybridized carbons (Fsp3) is 0.450. The number of hydrogen-bond acceptors (Lipinski definition) is 4. The van der Waals surface area contributed by atoms with Gasteiger partial charge in [0.25, 0.3) is 0 Å². The highest BCUT2D eigenvalue weighted by Crippen LogP contribution is 2.28. The Labute approximate surface area is 176 Å². The SMILES string of the molecule is CCC(OC)[C@H](C)NC(=O)N(Cc1cnc(Cl)nc1Cl)c1c(C)cccc1C. The summed E-state index contributed by atoms with van der Waals surface area (Å²) < 4.78 is 5.46. The molecule has 1 N–H and O–H groups in total. The number of urea groups is 1. The molecule has 152 valence electrons. The van der Waals surface area contributed by atoms with Crippen LogP contribution >= 0.6 is 23.2 Å². The molecule has 0 bridgehead atoms. The quantitative estimate of drug-likeness (QED) is 0.505. The topological polar surface area (TPSA) is 67.3 Å². The highest BCUT2D eigenvalue weighted by atomic mass is 35.5. The number of aromatic nitrogens is 2. The van der Waals surface area contributed by atoms with Gasteiger partial charge in [0.05, 0.1) is 24.4 Å². The first kappa shape index (κ1) is 22.4. The molecule has 0 spiro atoms. The number of aryl methyl sites for hydroxylation is 2. The molecule has 0 aliphatic heterocycles. The summed E-state index contributed by atoms with van der Waals surface area (Å²) in [6, 6.07) is 5.49. The number of anilines is 1. The number of benzene rings is 1. The number of halogens is 2. The van der Waals surface area contributed by atoms with Gasteiger partial charge in [-0.25, -0.2) is 14.8 Å². The summed E-state index contributed by atoms with van der Waals surface area (Å²) >= 11 is 12.0. The Bertz CT molecular complexity index is 808. The largest absolute Gasteiger partial charge is 0.379 e. The summed E-state index contributed by atoms with van der Waals surface area (Å²) in [7, 11) is 1.64. The van der Waals surface area contributed by atoms with Crippen LogP contribution in [0.1, 0.15) is 37.0 Å². The first-order valence-electron chi connectivity index (χ1n) is 9.12. The number of para-hydroxylation sites is 1. The highest BCUT2D eigenvalue weighted by molar-refractivity contribution is 6.32. The number of rotatable bonds is 7. The number of hydrogen-bond donors (Lipinski definition) is 1. The van der Waals surface area contributed by atoms with Gasteiger partial charge in [-0.15, -0.1) is 0 Å². The van der Waals surface area contributed by atoms with Gasteiger partial charge in [-0.05, 0) is 49.9 Å². The monoisotopic (exact) mass is 424 g/mol. The number of nitrogens with one attached hydrogen (secondary N) is 1. The molecule has 2 aromatic rings. The van der Waals surface area contributed by atoms with Gasteiger partial charge in [0, 0.05) is 18.9 Å². The molecule has 8 heteroatoms. The van der Waals surface area contributed by atoms with Gasteiger partial charge in [-0.2, -0.15) is 0 Å². The molecule has 0 aliphatic rings. The normalized spacial score (nSPS) is 13.1. The van der Waals surface area contributed by atoms with Crippen molar-refractivity contribution in [2.75, 3.05) is 12.0 Å². The van der Waals surface area contributed by atoms with Crippen LogP contribution in [0.5, 0.6) is 0 Å². The van der Waals surface area contributed by atoms with Gasteiger partial charge in [0.15, 0.2) is 0 Å². The fourth-order valence-electron chi connectivity index (χ4n) is 3.22. The maximum Gasteiger partial charge on any atom is 0.322 e. The number of nitrogens with zero attached hydrogens (tertiary/aromatic N) is 3. The molecule has 2 rings (SSSR count). The standard InChI is InChI=1S/C20H26Cl2N4O2/c1-6-16(28-5)14(4)24-20(27)26(17-12(2)8-7-9-13(17)3)11-15-10-23-19(22)25-18(15)21/h7-10,14,16H,6,11H2,1-5H3,(H,24,27)/t14-,16?/m0/s1. The number of carbonyl (C=O) groups is 1. The van der Waals surface area contributed by atoms with E-state index in [9.17, 15) is 4.79 Å². The maximum atomic E-state index is 13.2. The second kappa shape index (κ2) is 10.0. The van der Waals surface area contributed by atoms with E-state index < -0.39 is 0 Å².